The van der Waals surface area contributed by atoms with Crippen LogP contribution in [0, 0.1) is 34.9 Å². The standard InChI is InChI=1S/C22H15F6.Sn.H/c1-2-12-22(19-13(23)6-3-7-14(19)24,20-15(25)8-4-9-16(20)26)21-17(27)10-5-11-18(21)28;;/h3-11H,1-2,12H2;;. The van der Waals surface area contributed by atoms with E-state index in [9.17, 15) is 26.3 Å². The first-order valence-corrected chi connectivity index (χ1v) is 11.2. The van der Waals surface area contributed by atoms with Crippen molar-refractivity contribution in [1.29, 1.82) is 0 Å². The summed E-state index contributed by atoms with van der Waals surface area (Å²) >= 11 is 0.763. The Balaban J connectivity index is 2.58. The van der Waals surface area contributed by atoms with Gasteiger partial charge in [0.05, 0.1) is 0 Å². The molecule has 0 aliphatic carbocycles. The van der Waals surface area contributed by atoms with Crippen LogP contribution in [-0.4, -0.2) is 22.5 Å². The van der Waals surface area contributed by atoms with Gasteiger partial charge >= 0.3 is 178 Å². The van der Waals surface area contributed by atoms with E-state index in [0.717, 1.165) is 77.1 Å². The second kappa shape index (κ2) is 8.81. The summed E-state index contributed by atoms with van der Waals surface area (Å²) in [6.45, 7) is 0. The summed E-state index contributed by atoms with van der Waals surface area (Å²) < 4.78 is 90.3. The van der Waals surface area contributed by atoms with Crippen LogP contribution in [0.1, 0.15) is 29.5 Å². The Hall–Kier alpha value is -1.96. The molecule has 0 fully saturated rings. The molecule has 0 atom stereocenters. The van der Waals surface area contributed by atoms with Gasteiger partial charge in [-0.15, -0.1) is 0 Å². The fourth-order valence-corrected chi connectivity index (χ4v) is 4.42. The van der Waals surface area contributed by atoms with Crippen molar-refractivity contribution >= 4 is 22.5 Å². The van der Waals surface area contributed by atoms with Crippen molar-refractivity contribution in [3.05, 3.63) is 106 Å². The van der Waals surface area contributed by atoms with E-state index in [-0.39, 0.29) is 12.8 Å². The molecular weight excluding hydrogens is 497 g/mol. The third-order valence-corrected chi connectivity index (χ3v) is 6.09. The molecule has 3 aromatic rings. The Bertz CT molecular complexity index is 848. The summed E-state index contributed by atoms with van der Waals surface area (Å²) in [5.74, 6) is -6.82. The molecule has 3 aromatic carbocycles. The van der Waals surface area contributed by atoms with Crippen molar-refractivity contribution in [2.45, 2.75) is 22.7 Å². The van der Waals surface area contributed by atoms with Crippen LogP contribution in [0.5, 0.6) is 0 Å². The first-order valence-electron chi connectivity index (χ1n) is 8.88. The van der Waals surface area contributed by atoms with Crippen LogP contribution in [0.25, 0.3) is 0 Å². The Morgan fingerprint density at radius 2 is 0.828 bits per heavy atom. The van der Waals surface area contributed by atoms with Gasteiger partial charge in [-0.3, -0.25) is 0 Å². The van der Waals surface area contributed by atoms with Crippen LogP contribution in [0.15, 0.2) is 54.6 Å². The van der Waals surface area contributed by atoms with Crippen molar-refractivity contribution in [3.63, 3.8) is 0 Å². The van der Waals surface area contributed by atoms with Gasteiger partial charge in [-0.2, -0.15) is 0 Å². The SMILES string of the molecule is Fc1cccc(F)c1C(CC[CH2][SnH])(c1c(F)cccc1F)c1c(F)cccc1F. The minimum atomic E-state index is -2.36. The number of rotatable bonds is 6. The number of hydrogen-bond acceptors (Lipinski definition) is 0. The van der Waals surface area contributed by atoms with Gasteiger partial charge in [0.1, 0.15) is 0 Å². The zero-order chi connectivity index (χ0) is 21.2. The molecule has 0 spiro atoms. The van der Waals surface area contributed by atoms with Crippen LogP contribution < -0.4 is 0 Å². The molecule has 0 N–H and O–H groups in total. The van der Waals surface area contributed by atoms with Gasteiger partial charge in [0.15, 0.2) is 0 Å². The van der Waals surface area contributed by atoms with E-state index in [1.807, 2.05) is 0 Å². The minimum absolute atomic E-state index is 0.261. The molecule has 0 aliphatic heterocycles. The predicted octanol–water partition coefficient (Wildman–Crippen LogP) is 5.95. The molecule has 0 aromatic heterocycles. The number of hydrogen-bond donors (Lipinski definition) is 0. The molecule has 2 radical (unpaired) electrons. The zero-order valence-corrected chi connectivity index (χ0v) is 18.5. The van der Waals surface area contributed by atoms with Crippen molar-refractivity contribution in [2.24, 2.45) is 0 Å². The third-order valence-electron chi connectivity index (χ3n) is 4.92. The molecule has 3 rings (SSSR count). The van der Waals surface area contributed by atoms with Gasteiger partial charge in [-0.05, 0) is 0 Å². The maximum absolute atomic E-state index is 14.9. The molecule has 7 heteroatoms. The van der Waals surface area contributed by atoms with Gasteiger partial charge < -0.3 is 0 Å². The summed E-state index contributed by atoms with van der Waals surface area (Å²) in [5, 5.41) is 0. The van der Waals surface area contributed by atoms with E-state index < -0.39 is 57.0 Å². The molecule has 0 heterocycles. The average Bonchev–Trinajstić information content (AvgIpc) is 2.65. The molecule has 0 aliphatic rings. The molecular formula is C22H16F6Sn. The van der Waals surface area contributed by atoms with Crippen LogP contribution in [0.2, 0.25) is 4.44 Å². The first kappa shape index (κ1) is 21.7. The fourth-order valence-electron chi connectivity index (χ4n) is 3.83. The maximum atomic E-state index is 14.9. The van der Waals surface area contributed by atoms with Crippen molar-refractivity contribution in [3.8, 4) is 0 Å². The van der Waals surface area contributed by atoms with Gasteiger partial charge in [0, 0.05) is 0 Å². The Morgan fingerprint density at radius 1 is 0.552 bits per heavy atom. The molecule has 150 valence electrons. The molecule has 0 bridgehead atoms. The molecule has 0 saturated carbocycles. The zero-order valence-electron chi connectivity index (χ0n) is 15.2. The van der Waals surface area contributed by atoms with Crippen molar-refractivity contribution in [1.82, 2.24) is 0 Å². The van der Waals surface area contributed by atoms with Crippen LogP contribution in [-0.2, 0) is 5.41 Å². The Kier molecular flexibility index (Phi) is 6.61. The Morgan fingerprint density at radius 3 is 1.07 bits per heavy atom. The number of halogens is 6. The van der Waals surface area contributed by atoms with E-state index in [1.54, 1.807) is 0 Å². The Labute approximate surface area is 177 Å². The normalized spacial score (nSPS) is 11.7. The monoisotopic (exact) mass is 514 g/mol. The van der Waals surface area contributed by atoms with Crippen LogP contribution in [0.3, 0.4) is 0 Å². The third kappa shape index (κ3) is 3.79. The van der Waals surface area contributed by atoms with Gasteiger partial charge in [0.2, 0.25) is 0 Å². The summed E-state index contributed by atoms with van der Waals surface area (Å²) in [4.78, 5) is 0. The van der Waals surface area contributed by atoms with E-state index in [2.05, 4.69) is 0 Å². The predicted molar refractivity (Wildman–Crippen MR) is 100 cm³/mol. The second-order valence-corrected chi connectivity index (χ2v) is 8.24. The van der Waals surface area contributed by atoms with E-state index in [0.29, 0.717) is 4.44 Å². The van der Waals surface area contributed by atoms with Crippen LogP contribution >= 0.6 is 0 Å². The van der Waals surface area contributed by atoms with Gasteiger partial charge in [-0.25, -0.2) is 0 Å². The summed E-state index contributed by atoms with van der Waals surface area (Å²) in [7, 11) is 0. The van der Waals surface area contributed by atoms with Crippen LogP contribution in [0.4, 0.5) is 26.3 Å². The molecule has 29 heavy (non-hydrogen) atoms. The summed E-state index contributed by atoms with van der Waals surface area (Å²) in [6.07, 6.45) is -0.0145. The molecule has 0 unspecified atom stereocenters. The molecule has 0 amide bonds. The molecule has 0 saturated heterocycles. The summed E-state index contributed by atoms with van der Waals surface area (Å²) in [5.41, 5.74) is -4.69. The van der Waals surface area contributed by atoms with E-state index in [4.69, 9.17) is 0 Å². The average molecular weight is 513 g/mol. The fraction of sp³-hybridized carbons (Fsp3) is 0.182. The quantitative estimate of drug-likeness (QED) is 0.217. The molecule has 0 nitrogen and oxygen atoms in total. The van der Waals surface area contributed by atoms with Crippen molar-refractivity contribution < 1.29 is 26.3 Å². The van der Waals surface area contributed by atoms with Gasteiger partial charge in [0.25, 0.3) is 0 Å². The topological polar surface area (TPSA) is 0 Å². The number of benzene rings is 3. The summed E-state index contributed by atoms with van der Waals surface area (Å²) in [6, 6.07) is 8.70. The van der Waals surface area contributed by atoms with E-state index in [1.165, 1.54) is 0 Å². The first-order chi connectivity index (χ1) is 13.8. The second-order valence-electron chi connectivity index (χ2n) is 6.59. The van der Waals surface area contributed by atoms with Gasteiger partial charge in [-0.1, -0.05) is 0 Å². The van der Waals surface area contributed by atoms with E-state index >= 15 is 0 Å². The van der Waals surface area contributed by atoms with Crippen molar-refractivity contribution in [2.75, 3.05) is 0 Å².